The maximum Gasteiger partial charge on any atom is 0.267 e. The number of aryl methyl sites for hydroxylation is 2. The van der Waals surface area contributed by atoms with Crippen molar-refractivity contribution in [3.05, 3.63) is 54.8 Å². The van der Waals surface area contributed by atoms with Gasteiger partial charge in [-0.3, -0.25) is 9.59 Å². The molecule has 98 valence electrons. The summed E-state index contributed by atoms with van der Waals surface area (Å²) >= 11 is 5.44. The Morgan fingerprint density at radius 2 is 1.63 bits per heavy atom. The van der Waals surface area contributed by atoms with Crippen LogP contribution in [0.15, 0.2) is 21.7 Å². The number of hydrogen-bond donors (Lipinski definition) is 2. The quantitative estimate of drug-likeness (QED) is 0.736. The first-order chi connectivity index (χ1) is 8.93. The van der Waals surface area contributed by atoms with Crippen LogP contribution in [0.1, 0.15) is 16.8 Å². The Labute approximate surface area is 112 Å². The Morgan fingerprint density at radius 3 is 2.05 bits per heavy atom. The van der Waals surface area contributed by atoms with Gasteiger partial charge in [0, 0.05) is 11.1 Å². The molecule has 8 heteroatoms. The van der Waals surface area contributed by atoms with Crippen LogP contribution in [-0.4, -0.2) is 20.4 Å². The van der Waals surface area contributed by atoms with E-state index in [2.05, 4.69) is 20.4 Å². The predicted octanol–water partition coefficient (Wildman–Crippen LogP) is 0.682. The first-order valence-electron chi connectivity index (χ1n) is 5.12. The molecule has 0 aliphatic heterocycles. The first-order valence-corrected chi connectivity index (χ1v) is 5.50. The summed E-state index contributed by atoms with van der Waals surface area (Å²) in [6.45, 7) is 3.30. The SMILES string of the molecule is Cc1cc(C#N)n[nH]c1=O.Cc1cc(Cl)n[nH]c1=O. The van der Waals surface area contributed by atoms with Gasteiger partial charge in [-0.05, 0) is 26.0 Å². The monoisotopic (exact) mass is 279 g/mol. The van der Waals surface area contributed by atoms with Crippen molar-refractivity contribution in [1.82, 2.24) is 20.4 Å². The summed E-state index contributed by atoms with van der Waals surface area (Å²) in [6.07, 6.45) is 0. The van der Waals surface area contributed by atoms with E-state index in [1.807, 2.05) is 6.07 Å². The third-order valence-electron chi connectivity index (χ3n) is 2.06. The molecule has 0 aliphatic carbocycles. The van der Waals surface area contributed by atoms with Crippen molar-refractivity contribution in [2.45, 2.75) is 13.8 Å². The van der Waals surface area contributed by atoms with E-state index in [0.717, 1.165) is 0 Å². The molecular weight excluding hydrogens is 270 g/mol. The molecule has 0 amide bonds. The molecule has 0 spiro atoms. The number of nitriles is 1. The van der Waals surface area contributed by atoms with Crippen molar-refractivity contribution in [2.24, 2.45) is 0 Å². The van der Waals surface area contributed by atoms with Crippen LogP contribution in [0.2, 0.25) is 5.15 Å². The lowest BCUT2D eigenvalue weighted by Gasteiger charge is -1.88. The number of rotatable bonds is 0. The summed E-state index contributed by atoms with van der Waals surface area (Å²) in [5.74, 6) is 0. The van der Waals surface area contributed by atoms with Crippen LogP contribution in [0.5, 0.6) is 0 Å². The molecule has 7 nitrogen and oxygen atoms in total. The summed E-state index contributed by atoms with van der Waals surface area (Å²) in [5.41, 5.74) is 0.872. The number of halogens is 1. The molecule has 0 atom stereocenters. The summed E-state index contributed by atoms with van der Waals surface area (Å²) in [7, 11) is 0. The van der Waals surface area contributed by atoms with Crippen molar-refractivity contribution in [3.8, 4) is 6.07 Å². The molecule has 19 heavy (non-hydrogen) atoms. The summed E-state index contributed by atoms with van der Waals surface area (Å²) < 4.78 is 0. The van der Waals surface area contributed by atoms with Crippen molar-refractivity contribution >= 4 is 11.6 Å². The zero-order chi connectivity index (χ0) is 14.4. The molecule has 2 rings (SSSR count). The standard InChI is InChI=1S/C6H5N3O.C5H5ClN2O/c1-4-2-5(3-7)8-9-6(4)10;1-3-2-4(6)7-8-5(3)9/h2H,1H3,(H,9,10);2H,1H3,(H,8,9). The van der Waals surface area contributed by atoms with E-state index in [1.54, 1.807) is 13.8 Å². The number of hydrogen-bond acceptors (Lipinski definition) is 5. The molecule has 2 N–H and O–H groups in total. The van der Waals surface area contributed by atoms with Crippen molar-refractivity contribution in [2.75, 3.05) is 0 Å². The van der Waals surface area contributed by atoms with Gasteiger partial charge in [-0.15, -0.1) is 0 Å². The van der Waals surface area contributed by atoms with Crippen molar-refractivity contribution in [3.63, 3.8) is 0 Å². The van der Waals surface area contributed by atoms with E-state index in [9.17, 15) is 9.59 Å². The molecule has 0 unspecified atom stereocenters. The van der Waals surface area contributed by atoms with Crippen LogP contribution in [0.25, 0.3) is 0 Å². The van der Waals surface area contributed by atoms with Crippen LogP contribution in [0.3, 0.4) is 0 Å². The molecule has 0 fully saturated rings. The Balaban J connectivity index is 0.000000191. The Bertz CT molecular complexity index is 729. The van der Waals surface area contributed by atoms with Crippen LogP contribution in [0, 0.1) is 25.2 Å². The molecule has 2 heterocycles. The highest BCUT2D eigenvalue weighted by molar-refractivity contribution is 6.29. The maximum atomic E-state index is 10.7. The Morgan fingerprint density at radius 1 is 1.11 bits per heavy atom. The Kier molecular flexibility index (Phi) is 4.97. The summed E-state index contributed by atoms with van der Waals surface area (Å²) in [6, 6.07) is 4.77. The van der Waals surface area contributed by atoms with Crippen LogP contribution in [0.4, 0.5) is 0 Å². The molecule has 2 aromatic rings. The average Bonchev–Trinajstić information content (AvgIpc) is 2.38. The van der Waals surface area contributed by atoms with E-state index in [4.69, 9.17) is 16.9 Å². The third kappa shape index (κ3) is 4.37. The molecule has 0 saturated carbocycles. The maximum absolute atomic E-state index is 10.7. The number of aromatic nitrogens is 4. The molecule has 0 radical (unpaired) electrons. The lowest BCUT2D eigenvalue weighted by atomic mass is 10.3. The predicted molar refractivity (Wildman–Crippen MR) is 68.9 cm³/mol. The van der Waals surface area contributed by atoms with Gasteiger partial charge in [0.15, 0.2) is 5.69 Å². The molecule has 0 aliphatic rings. The minimum absolute atomic E-state index is 0.195. The number of nitrogens with one attached hydrogen (secondary N) is 2. The fourth-order valence-electron chi connectivity index (χ4n) is 1.03. The molecule has 0 bridgehead atoms. The van der Waals surface area contributed by atoms with Gasteiger partial charge in [-0.1, -0.05) is 11.6 Å². The van der Waals surface area contributed by atoms with Gasteiger partial charge in [-0.2, -0.15) is 15.5 Å². The van der Waals surface area contributed by atoms with Crippen LogP contribution < -0.4 is 11.1 Å². The van der Waals surface area contributed by atoms with Gasteiger partial charge in [0.1, 0.15) is 11.2 Å². The Hall–Kier alpha value is -2.46. The van der Waals surface area contributed by atoms with Gasteiger partial charge >= 0.3 is 0 Å². The van der Waals surface area contributed by atoms with Gasteiger partial charge in [0.05, 0.1) is 0 Å². The lowest BCUT2D eigenvalue weighted by Crippen LogP contribution is -2.11. The van der Waals surface area contributed by atoms with E-state index < -0.39 is 0 Å². The van der Waals surface area contributed by atoms with Crippen molar-refractivity contribution < 1.29 is 0 Å². The molecule has 0 saturated heterocycles. The van der Waals surface area contributed by atoms with Gasteiger partial charge in [-0.25, -0.2) is 10.2 Å². The van der Waals surface area contributed by atoms with E-state index in [1.165, 1.54) is 12.1 Å². The second-order valence-electron chi connectivity index (χ2n) is 3.58. The number of aromatic amines is 2. The smallest absolute Gasteiger partial charge is 0.267 e. The second-order valence-corrected chi connectivity index (χ2v) is 3.97. The second kappa shape index (κ2) is 6.47. The first kappa shape index (κ1) is 14.6. The minimum Gasteiger partial charge on any atom is -0.268 e. The molecule has 0 aromatic carbocycles. The number of nitrogens with zero attached hydrogens (tertiary/aromatic N) is 3. The van der Waals surface area contributed by atoms with Gasteiger partial charge in [0.2, 0.25) is 0 Å². The topological polar surface area (TPSA) is 115 Å². The highest BCUT2D eigenvalue weighted by Crippen LogP contribution is 1.99. The fraction of sp³-hybridized carbons (Fsp3) is 0.182. The number of H-pyrrole nitrogens is 2. The van der Waals surface area contributed by atoms with Gasteiger partial charge in [0.25, 0.3) is 11.1 Å². The fourth-order valence-corrected chi connectivity index (χ4v) is 1.23. The van der Waals surface area contributed by atoms with Crippen LogP contribution in [-0.2, 0) is 0 Å². The molecular formula is C11H10ClN5O2. The van der Waals surface area contributed by atoms with Gasteiger partial charge < -0.3 is 0 Å². The largest absolute Gasteiger partial charge is 0.268 e. The van der Waals surface area contributed by atoms with Crippen molar-refractivity contribution in [1.29, 1.82) is 5.26 Å². The van der Waals surface area contributed by atoms with E-state index in [-0.39, 0.29) is 16.8 Å². The lowest BCUT2D eigenvalue weighted by molar-refractivity contribution is 0.952. The summed E-state index contributed by atoms with van der Waals surface area (Å²) in [4.78, 5) is 21.3. The third-order valence-corrected chi connectivity index (χ3v) is 2.26. The zero-order valence-corrected chi connectivity index (χ0v) is 10.9. The normalized spacial score (nSPS) is 9.16. The zero-order valence-electron chi connectivity index (χ0n) is 10.2. The minimum atomic E-state index is -0.251. The highest BCUT2D eigenvalue weighted by atomic mass is 35.5. The highest BCUT2D eigenvalue weighted by Gasteiger charge is 1.94. The van der Waals surface area contributed by atoms with E-state index in [0.29, 0.717) is 16.3 Å². The molecule has 2 aromatic heterocycles. The van der Waals surface area contributed by atoms with E-state index >= 15 is 0 Å². The summed E-state index contributed by atoms with van der Waals surface area (Å²) in [5, 5.41) is 20.0. The average molecular weight is 280 g/mol. The van der Waals surface area contributed by atoms with Crippen LogP contribution >= 0.6 is 11.6 Å².